The number of halogens is 1. The molecule has 0 bridgehead atoms. The van der Waals surface area contributed by atoms with Crippen molar-refractivity contribution in [3.05, 3.63) is 58.0 Å². The van der Waals surface area contributed by atoms with Crippen LogP contribution in [0, 0.1) is 5.82 Å². The maximum atomic E-state index is 13.0. The fraction of sp³-hybridized carbons (Fsp3) is 0.400. The number of quaternary nitrogens is 1. The van der Waals surface area contributed by atoms with Gasteiger partial charge in [0.25, 0.3) is 5.91 Å². The molecular formula is C20H23FN3O2S2+. The Morgan fingerprint density at radius 1 is 1.18 bits per heavy atom. The van der Waals surface area contributed by atoms with Crippen molar-refractivity contribution < 1.29 is 18.9 Å². The van der Waals surface area contributed by atoms with Gasteiger partial charge in [-0.05, 0) is 46.7 Å². The molecule has 1 aromatic heterocycles. The summed E-state index contributed by atoms with van der Waals surface area (Å²) in [6.45, 7) is 4.74. The van der Waals surface area contributed by atoms with E-state index < -0.39 is 0 Å². The molecule has 2 aromatic rings. The highest BCUT2D eigenvalue weighted by Crippen LogP contribution is 2.38. The van der Waals surface area contributed by atoms with Crippen molar-refractivity contribution in [2.24, 2.45) is 0 Å². The first-order valence-electron chi connectivity index (χ1n) is 9.43. The van der Waals surface area contributed by atoms with Crippen LogP contribution in [0.2, 0.25) is 0 Å². The summed E-state index contributed by atoms with van der Waals surface area (Å²) in [5.74, 6) is 0.394. The summed E-state index contributed by atoms with van der Waals surface area (Å²) in [5, 5.41) is 4.31. The molecule has 1 N–H and O–H groups in total. The molecule has 148 valence electrons. The molecular weight excluding hydrogens is 397 g/mol. The summed E-state index contributed by atoms with van der Waals surface area (Å²) in [7, 11) is 0. The fourth-order valence-electron chi connectivity index (χ4n) is 3.72. The van der Waals surface area contributed by atoms with Crippen LogP contribution in [0.4, 0.5) is 4.39 Å². The molecule has 8 heteroatoms. The van der Waals surface area contributed by atoms with Gasteiger partial charge in [-0.1, -0.05) is 0 Å². The average Bonchev–Trinajstić information content (AvgIpc) is 3.36. The first kappa shape index (κ1) is 19.4. The van der Waals surface area contributed by atoms with E-state index in [0.717, 1.165) is 26.2 Å². The zero-order chi connectivity index (χ0) is 19.5. The summed E-state index contributed by atoms with van der Waals surface area (Å²) in [6.07, 6.45) is 0. The molecule has 0 unspecified atom stereocenters. The lowest BCUT2D eigenvalue weighted by molar-refractivity contribution is -0.903. The highest BCUT2D eigenvalue weighted by Gasteiger charge is 2.34. The monoisotopic (exact) mass is 420 g/mol. The zero-order valence-electron chi connectivity index (χ0n) is 15.5. The van der Waals surface area contributed by atoms with E-state index in [1.54, 1.807) is 23.1 Å². The average molecular weight is 421 g/mol. The highest BCUT2D eigenvalue weighted by molar-refractivity contribution is 8.00. The largest absolute Gasteiger partial charge is 0.331 e. The van der Waals surface area contributed by atoms with Crippen molar-refractivity contribution in [1.82, 2.24) is 9.80 Å². The van der Waals surface area contributed by atoms with Crippen LogP contribution in [0.1, 0.15) is 21.3 Å². The van der Waals surface area contributed by atoms with Gasteiger partial charge in [0.1, 0.15) is 11.2 Å². The zero-order valence-corrected chi connectivity index (χ0v) is 17.1. The maximum absolute atomic E-state index is 13.0. The first-order valence-corrected chi connectivity index (χ1v) is 11.4. The van der Waals surface area contributed by atoms with Gasteiger partial charge in [-0.2, -0.15) is 11.3 Å². The number of hydrogen-bond donors (Lipinski definition) is 1. The van der Waals surface area contributed by atoms with Gasteiger partial charge in [0.15, 0.2) is 0 Å². The maximum Gasteiger partial charge on any atom is 0.254 e. The molecule has 4 rings (SSSR count). The van der Waals surface area contributed by atoms with Gasteiger partial charge in [-0.15, -0.1) is 11.8 Å². The Morgan fingerprint density at radius 2 is 1.93 bits per heavy atom. The molecule has 5 nitrogen and oxygen atoms in total. The lowest BCUT2D eigenvalue weighted by Crippen LogP contribution is -3.15. The second kappa shape index (κ2) is 8.63. The number of carbonyl (C=O) groups excluding carboxylic acids is 2. The quantitative estimate of drug-likeness (QED) is 0.798. The summed E-state index contributed by atoms with van der Waals surface area (Å²) in [4.78, 5) is 30.1. The van der Waals surface area contributed by atoms with E-state index in [1.165, 1.54) is 34.7 Å². The third kappa shape index (κ3) is 4.24. The minimum absolute atomic E-state index is 0.0392. The summed E-state index contributed by atoms with van der Waals surface area (Å²) in [6, 6.07) is 7.82. The van der Waals surface area contributed by atoms with E-state index in [2.05, 4.69) is 16.8 Å². The second-order valence-electron chi connectivity index (χ2n) is 7.11. The Bertz CT molecular complexity index is 820. The predicted octanol–water partition coefficient (Wildman–Crippen LogP) is 1.50. The van der Waals surface area contributed by atoms with Gasteiger partial charge in [0.2, 0.25) is 5.91 Å². The summed E-state index contributed by atoms with van der Waals surface area (Å²) < 4.78 is 13.0. The van der Waals surface area contributed by atoms with Gasteiger partial charge < -0.3 is 14.7 Å². The summed E-state index contributed by atoms with van der Waals surface area (Å²) >= 11 is 3.36. The van der Waals surface area contributed by atoms with Crippen molar-refractivity contribution in [3.63, 3.8) is 0 Å². The van der Waals surface area contributed by atoms with Crippen LogP contribution < -0.4 is 4.90 Å². The van der Waals surface area contributed by atoms with Crippen molar-refractivity contribution >= 4 is 34.9 Å². The Kier molecular flexibility index (Phi) is 5.99. The first-order chi connectivity index (χ1) is 13.6. The van der Waals surface area contributed by atoms with Crippen LogP contribution in [-0.4, -0.2) is 66.6 Å². The van der Waals surface area contributed by atoms with E-state index in [0.29, 0.717) is 24.4 Å². The molecule has 2 amide bonds. The number of carbonyl (C=O) groups is 2. The van der Waals surface area contributed by atoms with E-state index in [1.807, 2.05) is 9.80 Å². The van der Waals surface area contributed by atoms with E-state index in [4.69, 9.17) is 0 Å². The molecule has 1 aromatic carbocycles. The molecule has 2 aliphatic rings. The van der Waals surface area contributed by atoms with E-state index in [9.17, 15) is 14.0 Å². The normalized spacial score (nSPS) is 20.8. The molecule has 0 radical (unpaired) electrons. The van der Waals surface area contributed by atoms with Crippen LogP contribution in [-0.2, 0) is 4.79 Å². The number of thioether (sulfide) groups is 1. The molecule has 0 spiro atoms. The van der Waals surface area contributed by atoms with Gasteiger partial charge in [0.05, 0.1) is 45.0 Å². The number of nitrogens with zero attached hydrogens (tertiary/aromatic N) is 2. The number of benzene rings is 1. The van der Waals surface area contributed by atoms with Crippen molar-refractivity contribution in [2.45, 2.75) is 5.37 Å². The highest BCUT2D eigenvalue weighted by atomic mass is 32.2. The smallest absolute Gasteiger partial charge is 0.254 e. The number of hydrogen-bond acceptors (Lipinski definition) is 4. The number of rotatable bonds is 5. The Morgan fingerprint density at radius 3 is 2.61 bits per heavy atom. The Hall–Kier alpha value is -1.90. The molecule has 0 aliphatic carbocycles. The lowest BCUT2D eigenvalue weighted by atomic mass is 10.2. The molecule has 0 saturated carbocycles. The third-order valence-corrected chi connectivity index (χ3v) is 7.31. The van der Waals surface area contributed by atoms with Crippen LogP contribution >= 0.6 is 23.1 Å². The molecule has 28 heavy (non-hydrogen) atoms. The van der Waals surface area contributed by atoms with Crippen LogP contribution in [0.15, 0.2) is 41.1 Å². The van der Waals surface area contributed by atoms with Crippen LogP contribution in [0.3, 0.4) is 0 Å². The van der Waals surface area contributed by atoms with Crippen LogP contribution in [0.25, 0.3) is 0 Å². The van der Waals surface area contributed by atoms with E-state index in [-0.39, 0.29) is 23.0 Å². The number of thiophene rings is 1. The number of nitrogens with one attached hydrogen (secondary N) is 1. The minimum Gasteiger partial charge on any atom is -0.331 e. The van der Waals surface area contributed by atoms with Crippen molar-refractivity contribution in [3.8, 4) is 0 Å². The number of amides is 2. The van der Waals surface area contributed by atoms with Gasteiger partial charge >= 0.3 is 0 Å². The van der Waals surface area contributed by atoms with Crippen molar-refractivity contribution in [1.29, 1.82) is 0 Å². The Balaban J connectivity index is 1.28. The third-order valence-electron chi connectivity index (χ3n) is 5.35. The predicted molar refractivity (Wildman–Crippen MR) is 109 cm³/mol. The van der Waals surface area contributed by atoms with Crippen molar-refractivity contribution in [2.75, 3.05) is 45.0 Å². The van der Waals surface area contributed by atoms with Crippen LogP contribution in [0.5, 0.6) is 0 Å². The SMILES string of the molecule is O=C(c1ccc(F)cc1)N1CC[NH+](CCN2C(=O)CS[C@@H]2c2ccsc2)CC1. The van der Waals surface area contributed by atoms with Gasteiger partial charge in [-0.25, -0.2) is 4.39 Å². The molecule has 2 saturated heterocycles. The standard InChI is InChI=1S/C20H22FN3O2S2/c21-17-3-1-15(2-4-17)19(26)23-9-6-22(7-10-23)8-11-24-18(25)14-28-20(24)16-5-12-27-13-16/h1-5,12-13,20H,6-11,14H2/p+1/t20-/m1/s1. The minimum atomic E-state index is -0.332. The topological polar surface area (TPSA) is 45.1 Å². The molecule has 3 heterocycles. The fourth-order valence-corrected chi connectivity index (χ4v) is 5.69. The lowest BCUT2D eigenvalue weighted by Gasteiger charge is -2.33. The molecule has 1 atom stereocenters. The second-order valence-corrected chi connectivity index (χ2v) is 8.95. The molecule has 2 aliphatic heterocycles. The van der Waals surface area contributed by atoms with Gasteiger partial charge in [0, 0.05) is 5.56 Å². The summed E-state index contributed by atoms with van der Waals surface area (Å²) in [5.41, 5.74) is 1.74. The molecule has 2 fully saturated rings. The Labute approximate surface area is 172 Å². The van der Waals surface area contributed by atoms with Gasteiger partial charge in [-0.3, -0.25) is 9.59 Å². The number of piperazine rings is 1. The van der Waals surface area contributed by atoms with E-state index >= 15 is 0 Å².